The fraction of sp³-hybridized carbons (Fsp3) is 0.652. The first kappa shape index (κ1) is 21.3. The van der Waals surface area contributed by atoms with E-state index >= 15 is 0 Å². The van der Waals surface area contributed by atoms with E-state index in [4.69, 9.17) is 14.2 Å². The highest BCUT2D eigenvalue weighted by molar-refractivity contribution is 5.20. The summed E-state index contributed by atoms with van der Waals surface area (Å²) >= 11 is 0. The molecule has 2 aliphatic heterocycles. The molecule has 0 radical (unpaired) electrons. The second-order valence-corrected chi connectivity index (χ2v) is 7.84. The van der Waals surface area contributed by atoms with Crippen molar-refractivity contribution in [2.45, 2.75) is 69.4 Å². The maximum Gasteiger partial charge on any atom is 0.157 e. The van der Waals surface area contributed by atoms with Gasteiger partial charge in [-0.1, -0.05) is 43.3 Å². The maximum atomic E-state index is 10.3. The molecule has 2 saturated heterocycles. The van der Waals surface area contributed by atoms with Crippen LogP contribution in [0, 0.1) is 0 Å². The first-order valence-electron chi connectivity index (χ1n) is 10.6. The van der Waals surface area contributed by atoms with Crippen molar-refractivity contribution in [2.24, 2.45) is 0 Å². The van der Waals surface area contributed by atoms with Gasteiger partial charge in [-0.2, -0.15) is 0 Å². The molecular weight excluding hydrogens is 354 g/mol. The van der Waals surface area contributed by atoms with E-state index in [0.717, 1.165) is 44.3 Å². The second-order valence-electron chi connectivity index (χ2n) is 7.84. The van der Waals surface area contributed by atoms with Crippen molar-refractivity contribution < 1.29 is 19.3 Å². The van der Waals surface area contributed by atoms with Gasteiger partial charge in [0, 0.05) is 18.5 Å². The summed E-state index contributed by atoms with van der Waals surface area (Å²) in [5, 5.41) is 10.3. The van der Waals surface area contributed by atoms with E-state index in [1.54, 1.807) is 7.11 Å². The van der Waals surface area contributed by atoms with Gasteiger partial charge in [0.05, 0.1) is 38.7 Å². The Morgan fingerprint density at radius 3 is 2.57 bits per heavy atom. The average molecular weight is 390 g/mol. The molecule has 1 N–H and O–H groups in total. The van der Waals surface area contributed by atoms with Gasteiger partial charge in [0.15, 0.2) is 6.29 Å². The number of likely N-dealkylation sites (tertiary alicyclic amines) is 1. The van der Waals surface area contributed by atoms with Gasteiger partial charge in [-0.3, -0.25) is 4.90 Å². The number of nitrogens with zero attached hydrogens (tertiary/aromatic N) is 1. The van der Waals surface area contributed by atoms with Crippen LogP contribution in [0.15, 0.2) is 42.7 Å². The molecule has 156 valence electrons. The summed E-state index contributed by atoms with van der Waals surface area (Å²) < 4.78 is 16.6. The molecular formula is C23H35NO4. The SMILES string of the molecule is C=C(C[C@@H]1CCC[C@@H](CCCC2OCCO2)N1[C@@H](CO)c1ccccc1)OC. The van der Waals surface area contributed by atoms with E-state index in [1.165, 1.54) is 12.0 Å². The Balaban J connectivity index is 1.73. The molecule has 0 bridgehead atoms. The zero-order chi connectivity index (χ0) is 19.8. The highest BCUT2D eigenvalue weighted by atomic mass is 16.7. The Labute approximate surface area is 169 Å². The van der Waals surface area contributed by atoms with Crippen LogP contribution in [-0.2, 0) is 14.2 Å². The lowest BCUT2D eigenvalue weighted by molar-refractivity contribution is -0.0515. The number of hydrogen-bond acceptors (Lipinski definition) is 5. The van der Waals surface area contributed by atoms with Crippen molar-refractivity contribution >= 4 is 0 Å². The summed E-state index contributed by atoms with van der Waals surface area (Å²) in [5.74, 6) is 0.813. The second kappa shape index (κ2) is 11.0. The van der Waals surface area contributed by atoms with Crippen LogP contribution in [0.25, 0.3) is 0 Å². The van der Waals surface area contributed by atoms with Crippen LogP contribution in [0.2, 0.25) is 0 Å². The van der Waals surface area contributed by atoms with E-state index in [9.17, 15) is 5.11 Å². The van der Waals surface area contributed by atoms with E-state index in [2.05, 4.69) is 35.7 Å². The van der Waals surface area contributed by atoms with Crippen molar-refractivity contribution in [3.63, 3.8) is 0 Å². The first-order valence-corrected chi connectivity index (χ1v) is 10.6. The van der Waals surface area contributed by atoms with Crippen molar-refractivity contribution in [3.8, 4) is 0 Å². The lowest BCUT2D eigenvalue weighted by Gasteiger charge is -2.47. The van der Waals surface area contributed by atoms with Crippen molar-refractivity contribution in [1.29, 1.82) is 0 Å². The third kappa shape index (κ3) is 5.57. The molecule has 3 rings (SSSR count). The lowest BCUT2D eigenvalue weighted by Crippen LogP contribution is -2.49. The van der Waals surface area contributed by atoms with Gasteiger partial charge in [-0.15, -0.1) is 0 Å². The van der Waals surface area contributed by atoms with Crippen molar-refractivity contribution in [1.82, 2.24) is 4.90 Å². The lowest BCUT2D eigenvalue weighted by atomic mass is 9.87. The minimum absolute atomic E-state index is 0.000127. The molecule has 0 aromatic heterocycles. The Bertz CT molecular complexity index is 588. The standard InChI is InChI=1S/C23H35NO4/c1-18(26-2)16-21-12-6-10-20(11-7-13-23-27-14-15-28-23)24(21)22(17-25)19-8-4-3-5-9-19/h3-5,8-9,20-23,25H,1,6-7,10-17H2,2H3/t20-,21-,22-/m0/s1. The van der Waals surface area contributed by atoms with E-state index in [-0.39, 0.29) is 18.9 Å². The van der Waals surface area contributed by atoms with Gasteiger partial charge >= 0.3 is 0 Å². The normalized spacial score (nSPS) is 24.9. The number of rotatable bonds is 10. The number of methoxy groups -OCH3 is 1. The molecule has 2 fully saturated rings. The first-order chi connectivity index (χ1) is 13.7. The number of ether oxygens (including phenoxy) is 3. The van der Waals surface area contributed by atoms with Crippen LogP contribution < -0.4 is 0 Å². The number of benzene rings is 1. The fourth-order valence-corrected chi connectivity index (χ4v) is 4.68. The summed E-state index contributed by atoms with van der Waals surface area (Å²) in [6.07, 6.45) is 7.33. The summed E-state index contributed by atoms with van der Waals surface area (Å²) in [6.45, 7) is 5.59. The summed E-state index contributed by atoms with van der Waals surface area (Å²) in [4.78, 5) is 2.54. The Morgan fingerprint density at radius 2 is 1.89 bits per heavy atom. The molecule has 1 aromatic rings. The molecule has 5 nitrogen and oxygen atoms in total. The monoisotopic (exact) mass is 389 g/mol. The summed E-state index contributed by atoms with van der Waals surface area (Å²) in [5.41, 5.74) is 1.17. The molecule has 3 atom stereocenters. The smallest absolute Gasteiger partial charge is 0.157 e. The maximum absolute atomic E-state index is 10.3. The van der Waals surface area contributed by atoms with Gasteiger partial charge in [-0.05, 0) is 37.7 Å². The molecule has 0 spiro atoms. The van der Waals surface area contributed by atoms with Crippen LogP contribution in [-0.4, -0.2) is 55.3 Å². The Morgan fingerprint density at radius 1 is 1.18 bits per heavy atom. The van der Waals surface area contributed by atoms with Crippen LogP contribution >= 0.6 is 0 Å². The summed E-state index contributed by atoms with van der Waals surface area (Å²) in [7, 11) is 1.69. The molecule has 2 aliphatic rings. The van der Waals surface area contributed by atoms with E-state index in [1.807, 2.05) is 6.07 Å². The molecule has 0 amide bonds. The van der Waals surface area contributed by atoms with Crippen LogP contribution in [0.1, 0.15) is 56.6 Å². The minimum Gasteiger partial charge on any atom is -0.502 e. The summed E-state index contributed by atoms with van der Waals surface area (Å²) in [6, 6.07) is 11.1. The molecule has 0 unspecified atom stereocenters. The minimum atomic E-state index is -0.0381. The fourth-order valence-electron chi connectivity index (χ4n) is 4.68. The van der Waals surface area contributed by atoms with Crippen molar-refractivity contribution in [2.75, 3.05) is 26.9 Å². The predicted molar refractivity (Wildman–Crippen MR) is 110 cm³/mol. The number of aliphatic hydroxyl groups excluding tert-OH is 1. The zero-order valence-electron chi connectivity index (χ0n) is 17.1. The van der Waals surface area contributed by atoms with Gasteiger partial charge in [-0.25, -0.2) is 0 Å². The molecule has 5 heteroatoms. The van der Waals surface area contributed by atoms with E-state index in [0.29, 0.717) is 25.3 Å². The molecule has 0 saturated carbocycles. The molecule has 28 heavy (non-hydrogen) atoms. The molecule has 1 aromatic carbocycles. The van der Waals surface area contributed by atoms with Crippen molar-refractivity contribution in [3.05, 3.63) is 48.2 Å². The van der Waals surface area contributed by atoms with Crippen LogP contribution in [0.5, 0.6) is 0 Å². The highest BCUT2D eigenvalue weighted by Crippen LogP contribution is 2.37. The van der Waals surface area contributed by atoms with Gasteiger partial charge in [0.1, 0.15) is 0 Å². The zero-order valence-corrected chi connectivity index (χ0v) is 17.1. The average Bonchev–Trinajstić information content (AvgIpc) is 3.24. The van der Waals surface area contributed by atoms with Gasteiger partial charge < -0.3 is 19.3 Å². The van der Waals surface area contributed by atoms with Crippen LogP contribution in [0.3, 0.4) is 0 Å². The molecule has 2 heterocycles. The van der Waals surface area contributed by atoms with Gasteiger partial charge in [0.2, 0.25) is 0 Å². The molecule has 0 aliphatic carbocycles. The topological polar surface area (TPSA) is 51.2 Å². The Hall–Kier alpha value is -1.40. The van der Waals surface area contributed by atoms with Crippen LogP contribution in [0.4, 0.5) is 0 Å². The third-order valence-corrected chi connectivity index (χ3v) is 6.06. The number of piperidine rings is 1. The third-order valence-electron chi connectivity index (χ3n) is 6.06. The van der Waals surface area contributed by atoms with E-state index < -0.39 is 0 Å². The quantitative estimate of drug-likeness (QED) is 0.612. The van der Waals surface area contributed by atoms with Gasteiger partial charge in [0.25, 0.3) is 0 Å². The number of hydrogen-bond donors (Lipinski definition) is 1. The Kier molecular flexibility index (Phi) is 8.34. The predicted octanol–water partition coefficient (Wildman–Crippen LogP) is 4.04. The number of aliphatic hydroxyl groups is 1. The highest BCUT2D eigenvalue weighted by Gasteiger charge is 2.36. The largest absolute Gasteiger partial charge is 0.502 e.